The van der Waals surface area contributed by atoms with Crippen LogP contribution in [0.2, 0.25) is 0 Å². The molecular formula is C29H22O3. The van der Waals surface area contributed by atoms with Crippen molar-refractivity contribution in [1.29, 1.82) is 0 Å². The van der Waals surface area contributed by atoms with Crippen molar-refractivity contribution in [2.24, 2.45) is 0 Å². The molecule has 1 aliphatic heterocycles. The molecule has 0 fully saturated rings. The van der Waals surface area contributed by atoms with Gasteiger partial charge in [-0.2, -0.15) is 0 Å². The van der Waals surface area contributed by atoms with Crippen molar-refractivity contribution in [3.05, 3.63) is 125 Å². The van der Waals surface area contributed by atoms with Gasteiger partial charge in [-0.1, -0.05) is 84.4 Å². The Labute approximate surface area is 187 Å². The zero-order valence-corrected chi connectivity index (χ0v) is 17.7. The zero-order valence-electron chi connectivity index (χ0n) is 17.7. The summed E-state index contributed by atoms with van der Waals surface area (Å²) < 4.78 is 11.8. The highest BCUT2D eigenvalue weighted by molar-refractivity contribution is 6.14. The number of carbonyl (C=O) groups excluding carboxylic acids is 1. The number of ether oxygens (including phenoxy) is 2. The summed E-state index contributed by atoms with van der Waals surface area (Å²) in [5.41, 5.74) is 6.06. The van der Waals surface area contributed by atoms with Crippen LogP contribution in [-0.2, 0) is 6.61 Å². The van der Waals surface area contributed by atoms with Crippen LogP contribution in [0, 0.1) is 6.92 Å². The van der Waals surface area contributed by atoms with Gasteiger partial charge >= 0.3 is 0 Å². The molecule has 0 bridgehead atoms. The van der Waals surface area contributed by atoms with Crippen molar-refractivity contribution in [3.8, 4) is 22.6 Å². The Bertz CT molecular complexity index is 1280. The number of ketones is 1. The van der Waals surface area contributed by atoms with Gasteiger partial charge in [0.25, 0.3) is 0 Å². The second kappa shape index (κ2) is 8.56. The lowest BCUT2D eigenvalue weighted by molar-refractivity contribution is 0.101. The summed E-state index contributed by atoms with van der Waals surface area (Å²) in [7, 11) is 0. The number of rotatable bonds is 5. The van der Waals surface area contributed by atoms with Crippen LogP contribution < -0.4 is 9.47 Å². The largest absolute Gasteiger partial charge is 0.489 e. The second-order valence-corrected chi connectivity index (χ2v) is 7.86. The molecule has 0 radical (unpaired) electrons. The standard InChI is InChI=1S/C29H22O3/c1-20-7-9-22(10-8-20)19-31-25-15-16-26-27(18-25)32-28(29(26)30)17-21-11-13-24(14-12-21)23-5-3-2-4-6-23/h2-18H,19H2,1H3/b28-17+. The van der Waals surface area contributed by atoms with Crippen molar-refractivity contribution >= 4 is 11.9 Å². The van der Waals surface area contributed by atoms with Crippen LogP contribution in [0.25, 0.3) is 17.2 Å². The topological polar surface area (TPSA) is 35.5 Å². The number of benzene rings is 4. The lowest BCUT2D eigenvalue weighted by Crippen LogP contribution is -1.98. The molecule has 0 aliphatic carbocycles. The average Bonchev–Trinajstić information content (AvgIpc) is 3.14. The highest BCUT2D eigenvalue weighted by Crippen LogP contribution is 2.35. The van der Waals surface area contributed by atoms with Gasteiger partial charge in [0.05, 0.1) is 5.56 Å². The van der Waals surface area contributed by atoms with Gasteiger partial charge in [0, 0.05) is 6.07 Å². The summed E-state index contributed by atoms with van der Waals surface area (Å²) in [6.07, 6.45) is 1.78. The molecule has 0 atom stereocenters. The lowest BCUT2D eigenvalue weighted by atomic mass is 10.0. The van der Waals surface area contributed by atoms with Crippen LogP contribution in [0.1, 0.15) is 27.0 Å². The Balaban J connectivity index is 1.30. The normalized spacial score (nSPS) is 13.7. The smallest absolute Gasteiger partial charge is 0.231 e. The lowest BCUT2D eigenvalue weighted by Gasteiger charge is -2.07. The SMILES string of the molecule is Cc1ccc(COc2ccc3c(c2)O/C(=C/c2ccc(-c4ccccc4)cc2)C3=O)cc1. The van der Waals surface area contributed by atoms with E-state index in [1.807, 2.05) is 60.7 Å². The van der Waals surface area contributed by atoms with Gasteiger partial charge in [0.2, 0.25) is 5.78 Å². The molecule has 32 heavy (non-hydrogen) atoms. The van der Waals surface area contributed by atoms with Gasteiger partial charge < -0.3 is 9.47 Å². The predicted octanol–water partition coefficient (Wildman–Crippen LogP) is 6.86. The molecule has 3 nitrogen and oxygen atoms in total. The Kier molecular flexibility index (Phi) is 5.30. The Morgan fingerprint density at radius 2 is 1.53 bits per heavy atom. The van der Waals surface area contributed by atoms with E-state index >= 15 is 0 Å². The van der Waals surface area contributed by atoms with Crippen LogP contribution in [0.5, 0.6) is 11.5 Å². The minimum Gasteiger partial charge on any atom is -0.489 e. The van der Waals surface area contributed by atoms with Crippen LogP contribution >= 0.6 is 0 Å². The van der Waals surface area contributed by atoms with E-state index in [2.05, 4.69) is 31.2 Å². The first-order chi connectivity index (χ1) is 15.7. The number of hydrogen-bond donors (Lipinski definition) is 0. The molecule has 0 amide bonds. The molecule has 0 N–H and O–H groups in total. The third kappa shape index (κ3) is 4.19. The first-order valence-corrected chi connectivity index (χ1v) is 10.6. The number of carbonyl (C=O) groups is 1. The van der Waals surface area contributed by atoms with Gasteiger partial charge in [-0.15, -0.1) is 0 Å². The maximum absolute atomic E-state index is 12.8. The summed E-state index contributed by atoms with van der Waals surface area (Å²) in [5, 5.41) is 0. The van der Waals surface area contributed by atoms with Gasteiger partial charge in [0.1, 0.15) is 18.1 Å². The molecule has 3 heteroatoms. The van der Waals surface area contributed by atoms with Crippen LogP contribution in [0.3, 0.4) is 0 Å². The zero-order chi connectivity index (χ0) is 21.9. The molecule has 5 rings (SSSR count). The molecule has 156 valence electrons. The highest BCUT2D eigenvalue weighted by Gasteiger charge is 2.27. The van der Waals surface area contributed by atoms with Crippen LogP contribution in [0.15, 0.2) is 103 Å². The third-order valence-corrected chi connectivity index (χ3v) is 5.48. The molecule has 0 aromatic heterocycles. The van der Waals surface area contributed by atoms with Crippen molar-refractivity contribution in [2.75, 3.05) is 0 Å². The maximum atomic E-state index is 12.8. The van der Waals surface area contributed by atoms with E-state index in [4.69, 9.17) is 9.47 Å². The van der Waals surface area contributed by atoms with Gasteiger partial charge in [-0.25, -0.2) is 0 Å². The molecule has 0 unspecified atom stereocenters. The Hall–Kier alpha value is -4.11. The summed E-state index contributed by atoms with van der Waals surface area (Å²) in [5.74, 6) is 1.41. The van der Waals surface area contributed by atoms with Gasteiger partial charge in [0.15, 0.2) is 5.76 Å². The van der Waals surface area contributed by atoms with Crippen molar-refractivity contribution in [1.82, 2.24) is 0 Å². The molecule has 1 aliphatic rings. The summed E-state index contributed by atoms with van der Waals surface area (Å²) in [4.78, 5) is 12.8. The van der Waals surface area contributed by atoms with E-state index < -0.39 is 0 Å². The maximum Gasteiger partial charge on any atom is 0.231 e. The van der Waals surface area contributed by atoms with E-state index in [0.717, 1.165) is 22.3 Å². The van der Waals surface area contributed by atoms with Crippen molar-refractivity contribution < 1.29 is 14.3 Å². The minimum atomic E-state index is -0.114. The first kappa shape index (κ1) is 19.8. The summed E-state index contributed by atoms with van der Waals surface area (Å²) in [6, 6.07) is 31.8. The van der Waals surface area contributed by atoms with E-state index in [0.29, 0.717) is 29.4 Å². The number of aryl methyl sites for hydroxylation is 1. The van der Waals surface area contributed by atoms with Gasteiger partial charge in [-0.3, -0.25) is 4.79 Å². The van der Waals surface area contributed by atoms with Crippen molar-refractivity contribution in [3.63, 3.8) is 0 Å². The molecule has 0 spiro atoms. The van der Waals surface area contributed by atoms with Gasteiger partial charge in [-0.05, 0) is 47.4 Å². The summed E-state index contributed by atoms with van der Waals surface area (Å²) in [6.45, 7) is 2.52. The fraction of sp³-hybridized carbons (Fsp3) is 0.0690. The molecule has 0 saturated heterocycles. The Morgan fingerprint density at radius 1 is 0.812 bits per heavy atom. The number of fused-ring (bicyclic) bond motifs is 1. The Morgan fingerprint density at radius 3 is 2.28 bits per heavy atom. The first-order valence-electron chi connectivity index (χ1n) is 10.6. The molecule has 0 saturated carbocycles. The van der Waals surface area contributed by atoms with E-state index in [1.54, 1.807) is 18.2 Å². The molecule has 4 aromatic carbocycles. The average molecular weight is 418 g/mol. The molecule has 1 heterocycles. The second-order valence-electron chi connectivity index (χ2n) is 7.86. The minimum absolute atomic E-state index is 0.114. The highest BCUT2D eigenvalue weighted by atomic mass is 16.5. The van der Waals surface area contributed by atoms with Crippen LogP contribution in [0.4, 0.5) is 0 Å². The third-order valence-electron chi connectivity index (χ3n) is 5.48. The van der Waals surface area contributed by atoms with E-state index in [9.17, 15) is 4.79 Å². The molecule has 4 aromatic rings. The van der Waals surface area contributed by atoms with Crippen LogP contribution in [-0.4, -0.2) is 5.78 Å². The fourth-order valence-electron chi connectivity index (χ4n) is 3.66. The number of allylic oxidation sites excluding steroid dienone is 1. The number of hydrogen-bond acceptors (Lipinski definition) is 3. The quantitative estimate of drug-likeness (QED) is 0.332. The van der Waals surface area contributed by atoms with E-state index in [-0.39, 0.29) is 5.78 Å². The van der Waals surface area contributed by atoms with Crippen molar-refractivity contribution in [2.45, 2.75) is 13.5 Å². The van der Waals surface area contributed by atoms with E-state index in [1.165, 1.54) is 5.56 Å². The predicted molar refractivity (Wildman–Crippen MR) is 127 cm³/mol. The molecular weight excluding hydrogens is 396 g/mol. The summed E-state index contributed by atoms with van der Waals surface area (Å²) >= 11 is 0. The monoisotopic (exact) mass is 418 g/mol. The number of Topliss-reactive ketones (excluding diaryl/α,β-unsaturated/α-hetero) is 1. The fourth-order valence-corrected chi connectivity index (χ4v) is 3.66.